The number of nitrogens with two attached hydrogens (primary N) is 1. The molecule has 0 radical (unpaired) electrons. The van der Waals surface area contributed by atoms with Crippen molar-refractivity contribution >= 4 is 41.5 Å². The summed E-state index contributed by atoms with van der Waals surface area (Å²) < 4.78 is 0. The van der Waals surface area contributed by atoms with Crippen LogP contribution < -0.4 is 10.6 Å². The number of hydrogen-bond donors (Lipinski definition) is 1. The topological polar surface area (TPSA) is 92.7 Å². The Balaban J connectivity index is 0.00000288. The van der Waals surface area contributed by atoms with Crippen molar-refractivity contribution in [1.29, 1.82) is 0 Å². The molecule has 134 valence electrons. The molecule has 2 rings (SSSR count). The maximum absolute atomic E-state index is 12.3. The molecule has 1 atom stereocenters. The second-order valence-electron chi connectivity index (χ2n) is 5.45. The molecule has 1 heterocycles. The molecule has 0 bridgehead atoms. The fourth-order valence-electron chi connectivity index (χ4n) is 2.66. The first-order valence-corrected chi connectivity index (χ1v) is 8.95. The normalized spacial score (nSPS) is 15.6. The van der Waals surface area contributed by atoms with Crippen LogP contribution in [0.4, 0.5) is 11.4 Å². The van der Waals surface area contributed by atoms with Crippen molar-refractivity contribution in [3.05, 3.63) is 34.4 Å². The minimum absolute atomic E-state index is 0. The highest BCUT2D eigenvalue weighted by Crippen LogP contribution is 2.28. The molecule has 2 N–H and O–H groups in total. The van der Waals surface area contributed by atoms with Gasteiger partial charge in [-0.2, -0.15) is 11.8 Å². The summed E-state index contributed by atoms with van der Waals surface area (Å²) in [5.41, 5.74) is 6.64. The molecular formula is C15H23ClN4O3S. The third-order valence-corrected chi connectivity index (χ3v) is 4.60. The van der Waals surface area contributed by atoms with Gasteiger partial charge in [0.05, 0.1) is 11.0 Å². The SMILES string of the molecule is CSCC[C@H](N)C(=O)N1CCN(c2ccccc2[N+](=O)[O-])CC1.Cl. The fraction of sp³-hybridized carbons (Fsp3) is 0.533. The Morgan fingerprint density at radius 2 is 1.96 bits per heavy atom. The number of rotatable bonds is 6. The summed E-state index contributed by atoms with van der Waals surface area (Å²) in [5.74, 6) is 0.838. The molecule has 1 aromatic rings. The number of para-hydroxylation sites is 2. The molecule has 1 aromatic carbocycles. The second kappa shape index (κ2) is 9.71. The summed E-state index contributed by atoms with van der Waals surface area (Å²) in [6.07, 6.45) is 2.66. The Bertz CT molecular complexity index is 567. The highest BCUT2D eigenvalue weighted by Gasteiger charge is 2.27. The first-order valence-electron chi connectivity index (χ1n) is 7.56. The molecule has 0 saturated carbocycles. The minimum Gasteiger partial charge on any atom is -0.362 e. The van der Waals surface area contributed by atoms with Crippen LogP contribution in [0.3, 0.4) is 0 Å². The Morgan fingerprint density at radius 1 is 1.33 bits per heavy atom. The predicted octanol–water partition coefficient (Wildman–Crippen LogP) is 1.75. The zero-order chi connectivity index (χ0) is 16.8. The van der Waals surface area contributed by atoms with Crippen LogP contribution in [-0.2, 0) is 4.79 Å². The molecule has 0 spiro atoms. The molecule has 9 heteroatoms. The van der Waals surface area contributed by atoms with Gasteiger partial charge in [-0.05, 0) is 24.5 Å². The zero-order valence-corrected chi connectivity index (χ0v) is 15.2. The van der Waals surface area contributed by atoms with Crippen molar-refractivity contribution in [2.45, 2.75) is 12.5 Å². The summed E-state index contributed by atoms with van der Waals surface area (Å²) in [4.78, 5) is 26.8. The van der Waals surface area contributed by atoms with Gasteiger partial charge >= 0.3 is 0 Å². The van der Waals surface area contributed by atoms with E-state index in [0.717, 1.165) is 5.75 Å². The van der Waals surface area contributed by atoms with Crippen molar-refractivity contribution < 1.29 is 9.72 Å². The van der Waals surface area contributed by atoms with Crippen molar-refractivity contribution in [1.82, 2.24) is 4.90 Å². The van der Waals surface area contributed by atoms with Crippen LogP contribution in [0.25, 0.3) is 0 Å². The van der Waals surface area contributed by atoms with E-state index in [1.807, 2.05) is 11.2 Å². The number of piperazine rings is 1. The van der Waals surface area contributed by atoms with Crippen LogP contribution in [0.2, 0.25) is 0 Å². The number of nitrogens with zero attached hydrogens (tertiary/aromatic N) is 3. The third kappa shape index (κ3) is 4.99. The lowest BCUT2D eigenvalue weighted by Crippen LogP contribution is -2.53. The van der Waals surface area contributed by atoms with Crippen molar-refractivity contribution in [3.63, 3.8) is 0 Å². The number of nitro groups is 1. The first kappa shape index (κ1) is 20.5. The summed E-state index contributed by atoms with van der Waals surface area (Å²) in [5, 5.41) is 11.1. The van der Waals surface area contributed by atoms with E-state index in [0.29, 0.717) is 38.3 Å². The van der Waals surface area contributed by atoms with Crippen LogP contribution in [0.1, 0.15) is 6.42 Å². The van der Waals surface area contributed by atoms with Crippen LogP contribution in [0.5, 0.6) is 0 Å². The molecule has 1 aliphatic rings. The van der Waals surface area contributed by atoms with Crippen LogP contribution in [-0.4, -0.2) is 60.0 Å². The quantitative estimate of drug-likeness (QED) is 0.602. The van der Waals surface area contributed by atoms with E-state index in [2.05, 4.69) is 0 Å². The average Bonchev–Trinajstić information content (AvgIpc) is 2.59. The Labute approximate surface area is 152 Å². The molecule has 1 amide bonds. The van der Waals surface area contributed by atoms with Gasteiger partial charge in [0.25, 0.3) is 5.69 Å². The minimum atomic E-state index is -0.458. The van der Waals surface area contributed by atoms with E-state index in [1.54, 1.807) is 34.9 Å². The summed E-state index contributed by atoms with van der Waals surface area (Å²) >= 11 is 1.67. The number of benzene rings is 1. The number of amides is 1. The summed E-state index contributed by atoms with van der Waals surface area (Å²) in [6.45, 7) is 2.23. The summed E-state index contributed by atoms with van der Waals surface area (Å²) in [6, 6.07) is 6.25. The Morgan fingerprint density at radius 3 is 2.54 bits per heavy atom. The molecule has 1 saturated heterocycles. The van der Waals surface area contributed by atoms with Gasteiger partial charge in [-0.25, -0.2) is 0 Å². The number of nitro benzene ring substituents is 1. The molecule has 0 aromatic heterocycles. The monoisotopic (exact) mass is 374 g/mol. The van der Waals surface area contributed by atoms with E-state index in [9.17, 15) is 14.9 Å². The van der Waals surface area contributed by atoms with Crippen molar-refractivity contribution in [2.24, 2.45) is 5.73 Å². The number of anilines is 1. The van der Waals surface area contributed by atoms with Gasteiger partial charge in [0.1, 0.15) is 5.69 Å². The smallest absolute Gasteiger partial charge is 0.292 e. The van der Waals surface area contributed by atoms with E-state index in [1.165, 1.54) is 6.07 Å². The number of carbonyl (C=O) groups is 1. The van der Waals surface area contributed by atoms with Gasteiger partial charge in [-0.1, -0.05) is 12.1 Å². The predicted molar refractivity (Wildman–Crippen MR) is 100 cm³/mol. The van der Waals surface area contributed by atoms with Crippen molar-refractivity contribution in [2.75, 3.05) is 43.1 Å². The van der Waals surface area contributed by atoms with Gasteiger partial charge in [0.15, 0.2) is 0 Å². The second-order valence-corrected chi connectivity index (χ2v) is 6.43. The van der Waals surface area contributed by atoms with Gasteiger partial charge in [-0.15, -0.1) is 12.4 Å². The first-order chi connectivity index (χ1) is 11.0. The number of halogens is 1. The average molecular weight is 375 g/mol. The fourth-order valence-corrected chi connectivity index (χ4v) is 3.15. The zero-order valence-electron chi connectivity index (χ0n) is 13.6. The van der Waals surface area contributed by atoms with Crippen LogP contribution in [0, 0.1) is 10.1 Å². The standard InChI is InChI=1S/C15H22N4O3S.ClH/c1-23-11-6-12(16)15(20)18-9-7-17(8-10-18)13-4-2-3-5-14(13)19(21)22;/h2-5,12H,6-11,16H2,1H3;1H/t12-;/m0./s1. The molecule has 1 fully saturated rings. The van der Waals surface area contributed by atoms with Crippen molar-refractivity contribution in [3.8, 4) is 0 Å². The van der Waals surface area contributed by atoms with E-state index in [4.69, 9.17) is 5.73 Å². The molecule has 0 unspecified atom stereocenters. The molecule has 1 aliphatic heterocycles. The Kier molecular flexibility index (Phi) is 8.30. The van der Waals surface area contributed by atoms with E-state index in [-0.39, 0.29) is 28.9 Å². The lowest BCUT2D eigenvalue weighted by atomic mass is 10.1. The lowest BCUT2D eigenvalue weighted by Gasteiger charge is -2.36. The van der Waals surface area contributed by atoms with Gasteiger partial charge in [-0.3, -0.25) is 14.9 Å². The van der Waals surface area contributed by atoms with Gasteiger partial charge < -0.3 is 15.5 Å². The van der Waals surface area contributed by atoms with Crippen LogP contribution in [0.15, 0.2) is 24.3 Å². The van der Waals surface area contributed by atoms with E-state index < -0.39 is 6.04 Å². The maximum Gasteiger partial charge on any atom is 0.292 e. The highest BCUT2D eigenvalue weighted by molar-refractivity contribution is 7.98. The largest absolute Gasteiger partial charge is 0.362 e. The number of carbonyl (C=O) groups excluding carboxylic acids is 1. The number of thioether (sulfide) groups is 1. The third-order valence-electron chi connectivity index (χ3n) is 3.96. The van der Waals surface area contributed by atoms with E-state index >= 15 is 0 Å². The number of hydrogen-bond acceptors (Lipinski definition) is 6. The molecule has 24 heavy (non-hydrogen) atoms. The van der Waals surface area contributed by atoms with Gasteiger partial charge in [0, 0.05) is 32.2 Å². The van der Waals surface area contributed by atoms with Gasteiger partial charge in [0.2, 0.25) is 5.91 Å². The summed E-state index contributed by atoms with van der Waals surface area (Å²) in [7, 11) is 0. The maximum atomic E-state index is 12.3. The molecule has 0 aliphatic carbocycles. The Hall–Kier alpha value is -1.51. The lowest BCUT2D eigenvalue weighted by molar-refractivity contribution is -0.384. The molecule has 7 nitrogen and oxygen atoms in total. The van der Waals surface area contributed by atoms with Crippen LogP contribution >= 0.6 is 24.2 Å². The molecular weight excluding hydrogens is 352 g/mol. The highest BCUT2D eigenvalue weighted by atomic mass is 35.5.